The predicted octanol–water partition coefficient (Wildman–Crippen LogP) is 2.98. The lowest BCUT2D eigenvalue weighted by Gasteiger charge is -2.20. The Bertz CT molecular complexity index is 613. The van der Waals surface area contributed by atoms with E-state index in [9.17, 15) is 13.9 Å². The Kier molecular flexibility index (Phi) is 4.57. The molecule has 4 nitrogen and oxygen atoms in total. The second kappa shape index (κ2) is 6.22. The Balaban J connectivity index is 2.08. The van der Waals surface area contributed by atoms with Crippen LogP contribution in [0.5, 0.6) is 0 Å². The Morgan fingerprint density at radius 2 is 2.00 bits per heavy atom. The average Bonchev–Trinajstić information content (AvgIpc) is 2.88. The molecule has 0 saturated heterocycles. The molecule has 114 valence electrons. The number of aliphatic hydroxyl groups is 1. The monoisotopic (exact) mass is 295 g/mol. The third-order valence-corrected chi connectivity index (χ3v) is 3.37. The third-order valence-electron chi connectivity index (χ3n) is 3.37. The molecule has 0 bridgehead atoms. The molecule has 0 saturated carbocycles. The third kappa shape index (κ3) is 3.58. The summed E-state index contributed by atoms with van der Waals surface area (Å²) in [5, 5.41) is 17.2. The van der Waals surface area contributed by atoms with Gasteiger partial charge in [0.2, 0.25) is 0 Å². The maximum absolute atomic E-state index is 13.6. The molecule has 21 heavy (non-hydrogen) atoms. The highest BCUT2D eigenvalue weighted by molar-refractivity contribution is 5.39. The lowest BCUT2D eigenvalue weighted by molar-refractivity contribution is 0.179. The van der Waals surface area contributed by atoms with Gasteiger partial charge in [-0.15, -0.1) is 0 Å². The van der Waals surface area contributed by atoms with Crippen molar-refractivity contribution < 1.29 is 13.9 Å². The van der Waals surface area contributed by atoms with E-state index >= 15 is 0 Å². The lowest BCUT2D eigenvalue weighted by Crippen LogP contribution is -2.25. The van der Waals surface area contributed by atoms with Gasteiger partial charge in [-0.25, -0.2) is 8.78 Å². The van der Waals surface area contributed by atoms with Crippen LogP contribution >= 0.6 is 0 Å². The highest BCUT2D eigenvalue weighted by atomic mass is 19.1. The quantitative estimate of drug-likeness (QED) is 0.891. The SMILES string of the molecule is CC(C)c1cc(N(C)CC(O)c2ccc(F)cc2F)n[nH]1. The number of hydrogen-bond donors (Lipinski definition) is 2. The molecule has 2 aromatic rings. The molecule has 0 radical (unpaired) electrons. The van der Waals surface area contributed by atoms with E-state index in [1.807, 2.05) is 19.9 Å². The van der Waals surface area contributed by atoms with Crippen LogP contribution < -0.4 is 4.90 Å². The summed E-state index contributed by atoms with van der Waals surface area (Å²) in [5.41, 5.74) is 1.06. The summed E-state index contributed by atoms with van der Waals surface area (Å²) in [4.78, 5) is 1.72. The summed E-state index contributed by atoms with van der Waals surface area (Å²) >= 11 is 0. The number of likely N-dealkylation sites (N-methyl/N-ethyl adjacent to an activating group) is 1. The van der Waals surface area contributed by atoms with Gasteiger partial charge in [0.05, 0.1) is 6.10 Å². The zero-order valence-electron chi connectivity index (χ0n) is 12.3. The fourth-order valence-electron chi connectivity index (χ4n) is 2.04. The van der Waals surface area contributed by atoms with Gasteiger partial charge in [0.15, 0.2) is 0 Å². The fourth-order valence-corrected chi connectivity index (χ4v) is 2.04. The molecule has 0 aliphatic carbocycles. The van der Waals surface area contributed by atoms with Crippen LogP contribution in [0.4, 0.5) is 14.6 Å². The highest BCUT2D eigenvalue weighted by Crippen LogP contribution is 2.22. The number of H-pyrrole nitrogens is 1. The summed E-state index contributed by atoms with van der Waals surface area (Å²) in [6.45, 7) is 4.24. The van der Waals surface area contributed by atoms with E-state index in [0.717, 1.165) is 17.8 Å². The van der Waals surface area contributed by atoms with Crippen LogP contribution in [0, 0.1) is 11.6 Å². The van der Waals surface area contributed by atoms with Gasteiger partial charge < -0.3 is 10.0 Å². The number of hydrogen-bond acceptors (Lipinski definition) is 3. The zero-order chi connectivity index (χ0) is 15.6. The van der Waals surface area contributed by atoms with Crippen molar-refractivity contribution in [1.29, 1.82) is 0 Å². The van der Waals surface area contributed by atoms with Crippen molar-refractivity contribution in [2.24, 2.45) is 0 Å². The van der Waals surface area contributed by atoms with Gasteiger partial charge in [0, 0.05) is 37.0 Å². The van der Waals surface area contributed by atoms with Crippen molar-refractivity contribution in [3.05, 3.63) is 47.2 Å². The first kappa shape index (κ1) is 15.4. The maximum atomic E-state index is 13.6. The van der Waals surface area contributed by atoms with Crippen LogP contribution in [0.25, 0.3) is 0 Å². The molecule has 2 rings (SSSR count). The van der Waals surface area contributed by atoms with Crippen molar-refractivity contribution in [2.75, 3.05) is 18.5 Å². The van der Waals surface area contributed by atoms with Crippen molar-refractivity contribution >= 4 is 5.82 Å². The summed E-state index contributed by atoms with van der Waals surface area (Å²) < 4.78 is 26.5. The van der Waals surface area contributed by atoms with Gasteiger partial charge >= 0.3 is 0 Å². The van der Waals surface area contributed by atoms with Gasteiger partial charge in [-0.3, -0.25) is 5.10 Å². The molecule has 1 atom stereocenters. The van der Waals surface area contributed by atoms with Gasteiger partial charge in [0.1, 0.15) is 17.5 Å². The number of halogens is 2. The van der Waals surface area contributed by atoms with E-state index < -0.39 is 17.7 Å². The van der Waals surface area contributed by atoms with Gasteiger partial charge in [-0.05, 0) is 12.0 Å². The van der Waals surface area contributed by atoms with Crippen LogP contribution in [0.2, 0.25) is 0 Å². The summed E-state index contributed by atoms with van der Waals surface area (Å²) in [6.07, 6.45) is -1.06. The second-order valence-electron chi connectivity index (χ2n) is 5.40. The molecule has 0 aliphatic heterocycles. The van der Waals surface area contributed by atoms with E-state index in [1.54, 1.807) is 11.9 Å². The smallest absolute Gasteiger partial charge is 0.150 e. The van der Waals surface area contributed by atoms with Crippen LogP contribution in [0.1, 0.15) is 37.1 Å². The molecule has 1 aromatic heterocycles. The van der Waals surface area contributed by atoms with Crippen molar-refractivity contribution in [3.63, 3.8) is 0 Å². The standard InChI is InChI=1S/C15H19F2N3O/c1-9(2)13-7-15(19-18-13)20(3)8-14(21)11-5-4-10(16)6-12(11)17/h4-7,9,14,21H,8H2,1-3H3,(H,18,19). The Labute approximate surface area is 122 Å². The number of anilines is 1. The fraction of sp³-hybridized carbons (Fsp3) is 0.400. The van der Waals surface area contributed by atoms with Crippen molar-refractivity contribution in [1.82, 2.24) is 10.2 Å². The molecule has 1 aromatic carbocycles. The van der Waals surface area contributed by atoms with E-state index in [1.165, 1.54) is 6.07 Å². The molecule has 1 unspecified atom stereocenters. The number of benzene rings is 1. The molecular formula is C15H19F2N3O. The maximum Gasteiger partial charge on any atom is 0.150 e. The molecule has 6 heteroatoms. The summed E-state index contributed by atoms with van der Waals surface area (Å²) in [6, 6.07) is 5.04. The van der Waals surface area contributed by atoms with Gasteiger partial charge in [-0.1, -0.05) is 19.9 Å². The number of aliphatic hydroxyl groups excluding tert-OH is 1. The summed E-state index contributed by atoms with van der Waals surface area (Å²) in [5.74, 6) is -0.425. The average molecular weight is 295 g/mol. The molecule has 0 spiro atoms. The number of aromatic amines is 1. The van der Waals surface area contributed by atoms with Crippen LogP contribution in [-0.4, -0.2) is 28.9 Å². The van der Waals surface area contributed by atoms with Crippen LogP contribution in [-0.2, 0) is 0 Å². The normalized spacial score (nSPS) is 12.7. The lowest BCUT2D eigenvalue weighted by atomic mass is 10.1. The topological polar surface area (TPSA) is 52.1 Å². The minimum atomic E-state index is -1.06. The van der Waals surface area contributed by atoms with Crippen molar-refractivity contribution in [3.8, 4) is 0 Å². The number of rotatable bonds is 5. The van der Waals surface area contributed by atoms with E-state index in [0.29, 0.717) is 11.7 Å². The largest absolute Gasteiger partial charge is 0.386 e. The summed E-state index contributed by atoms with van der Waals surface area (Å²) in [7, 11) is 1.75. The first-order chi connectivity index (χ1) is 9.88. The Morgan fingerprint density at radius 3 is 2.57 bits per heavy atom. The van der Waals surface area contributed by atoms with Gasteiger partial charge in [0.25, 0.3) is 0 Å². The Hall–Kier alpha value is -1.95. The van der Waals surface area contributed by atoms with Crippen molar-refractivity contribution in [2.45, 2.75) is 25.9 Å². The zero-order valence-corrected chi connectivity index (χ0v) is 12.3. The van der Waals surface area contributed by atoms with E-state index in [4.69, 9.17) is 0 Å². The first-order valence-corrected chi connectivity index (χ1v) is 6.78. The van der Waals surface area contributed by atoms with Crippen LogP contribution in [0.15, 0.2) is 24.3 Å². The van der Waals surface area contributed by atoms with E-state index in [-0.39, 0.29) is 12.1 Å². The molecule has 1 heterocycles. The predicted molar refractivity (Wildman–Crippen MR) is 77.3 cm³/mol. The Morgan fingerprint density at radius 1 is 1.29 bits per heavy atom. The molecular weight excluding hydrogens is 276 g/mol. The molecule has 0 amide bonds. The minimum absolute atomic E-state index is 0.0721. The van der Waals surface area contributed by atoms with E-state index in [2.05, 4.69) is 10.2 Å². The molecule has 0 fully saturated rings. The number of aromatic nitrogens is 2. The first-order valence-electron chi connectivity index (χ1n) is 6.78. The number of nitrogens with one attached hydrogen (secondary N) is 1. The van der Waals surface area contributed by atoms with Gasteiger partial charge in [-0.2, -0.15) is 5.10 Å². The molecule has 2 N–H and O–H groups in total. The highest BCUT2D eigenvalue weighted by Gasteiger charge is 2.17. The molecule has 0 aliphatic rings. The van der Waals surface area contributed by atoms with Crippen LogP contribution in [0.3, 0.4) is 0 Å². The second-order valence-corrected chi connectivity index (χ2v) is 5.40. The minimum Gasteiger partial charge on any atom is -0.386 e. The number of nitrogens with zero attached hydrogens (tertiary/aromatic N) is 2.